The fourth-order valence-corrected chi connectivity index (χ4v) is 3.99. The van der Waals surface area contributed by atoms with Gasteiger partial charge in [0.05, 0.1) is 19.6 Å². The second-order valence-corrected chi connectivity index (χ2v) is 8.36. The summed E-state index contributed by atoms with van der Waals surface area (Å²) in [5.41, 5.74) is 3.79. The molecule has 0 aliphatic heterocycles. The van der Waals surface area contributed by atoms with Gasteiger partial charge >= 0.3 is 12.0 Å². The number of aryl methyl sites for hydroxylation is 2. The molecule has 2 aromatic carbocycles. The molecule has 2 amide bonds. The predicted molar refractivity (Wildman–Crippen MR) is 133 cm³/mol. The zero-order valence-electron chi connectivity index (χ0n) is 20.3. The average molecular weight is 480 g/mol. The lowest BCUT2D eigenvalue weighted by molar-refractivity contribution is -0.137. The Balaban J connectivity index is 2.03. The number of pyridine rings is 1. The molecule has 3 aromatic rings. The number of benzene rings is 2. The van der Waals surface area contributed by atoms with Gasteiger partial charge in [0.15, 0.2) is 5.69 Å². The van der Waals surface area contributed by atoms with Crippen LogP contribution in [0.1, 0.15) is 34.8 Å². The molecule has 9 heteroatoms. The van der Waals surface area contributed by atoms with E-state index in [0.29, 0.717) is 17.0 Å². The minimum atomic E-state index is -1.12. The molecule has 0 radical (unpaired) electrons. The van der Waals surface area contributed by atoms with Crippen molar-refractivity contribution in [2.75, 3.05) is 12.4 Å². The summed E-state index contributed by atoms with van der Waals surface area (Å²) in [7, 11) is 3.03. The normalized spacial score (nSPS) is 11.6. The van der Waals surface area contributed by atoms with E-state index >= 15 is 0 Å². The minimum Gasteiger partial charge on any atom is -0.505 e. The standard InChI is InChI=1S/C26H29N3O6/c1-14-8-6-7-9-18(14)19-11-17(35-5)12-20(16(19)3)21(13-23(31)32)27-26(34)28-24-22(30)10-15(2)29(4)25(24)33/h6-12,21,30H,13H2,1-5H3,(H,31,32)(H2,27,28,34)/t21-/m0/s1. The fourth-order valence-electron chi connectivity index (χ4n) is 3.99. The first-order chi connectivity index (χ1) is 16.5. The monoisotopic (exact) mass is 479 g/mol. The Labute approximate surface area is 203 Å². The molecule has 3 rings (SSSR count). The Morgan fingerprint density at radius 1 is 1.09 bits per heavy atom. The predicted octanol–water partition coefficient (Wildman–Crippen LogP) is 4.03. The largest absolute Gasteiger partial charge is 0.505 e. The van der Waals surface area contributed by atoms with Crippen LogP contribution in [0.3, 0.4) is 0 Å². The van der Waals surface area contributed by atoms with Crippen molar-refractivity contribution in [2.24, 2.45) is 7.05 Å². The van der Waals surface area contributed by atoms with E-state index in [9.17, 15) is 24.6 Å². The number of amides is 2. The number of methoxy groups -OCH3 is 1. The highest BCUT2D eigenvalue weighted by molar-refractivity contribution is 5.91. The minimum absolute atomic E-state index is 0.298. The molecule has 1 heterocycles. The average Bonchev–Trinajstić information content (AvgIpc) is 2.80. The van der Waals surface area contributed by atoms with Crippen LogP contribution in [0, 0.1) is 20.8 Å². The van der Waals surface area contributed by atoms with E-state index in [4.69, 9.17) is 4.74 Å². The first-order valence-corrected chi connectivity index (χ1v) is 11.0. The van der Waals surface area contributed by atoms with Gasteiger partial charge in [-0.05, 0) is 60.7 Å². The zero-order chi connectivity index (χ0) is 25.9. The summed E-state index contributed by atoms with van der Waals surface area (Å²) in [4.78, 5) is 37.0. The highest BCUT2D eigenvalue weighted by atomic mass is 16.5. The lowest BCUT2D eigenvalue weighted by atomic mass is 9.89. The number of hydrogen-bond acceptors (Lipinski definition) is 5. The van der Waals surface area contributed by atoms with E-state index < -0.39 is 30.0 Å². The molecular formula is C26H29N3O6. The second kappa shape index (κ2) is 10.3. The molecular weight excluding hydrogens is 450 g/mol. The Bertz CT molecular complexity index is 1350. The fraction of sp³-hybridized carbons (Fsp3) is 0.269. The van der Waals surface area contributed by atoms with E-state index in [1.54, 1.807) is 13.0 Å². The van der Waals surface area contributed by atoms with Crippen molar-refractivity contribution in [3.05, 3.63) is 75.2 Å². The maximum absolute atomic E-state index is 12.8. The summed E-state index contributed by atoms with van der Waals surface area (Å²) in [5, 5.41) is 24.7. The number of urea groups is 1. The molecule has 0 spiro atoms. The van der Waals surface area contributed by atoms with Gasteiger partial charge in [-0.1, -0.05) is 24.3 Å². The number of hydrogen-bond donors (Lipinski definition) is 4. The topological polar surface area (TPSA) is 130 Å². The van der Waals surface area contributed by atoms with Crippen molar-refractivity contribution in [1.29, 1.82) is 0 Å². The molecule has 0 aliphatic carbocycles. The van der Waals surface area contributed by atoms with E-state index in [2.05, 4.69) is 10.6 Å². The Morgan fingerprint density at radius 2 is 1.77 bits per heavy atom. The number of aromatic nitrogens is 1. The first-order valence-electron chi connectivity index (χ1n) is 11.0. The number of nitrogens with one attached hydrogen (secondary N) is 2. The number of aliphatic carboxylic acids is 1. The van der Waals surface area contributed by atoms with Gasteiger partial charge < -0.3 is 30.2 Å². The summed E-state index contributed by atoms with van der Waals surface area (Å²) in [5.74, 6) is -0.995. The van der Waals surface area contributed by atoms with Crippen LogP contribution in [-0.4, -0.2) is 33.9 Å². The van der Waals surface area contributed by atoms with Gasteiger partial charge in [-0.3, -0.25) is 9.59 Å². The lowest BCUT2D eigenvalue weighted by Gasteiger charge is -2.23. The van der Waals surface area contributed by atoms with Crippen molar-refractivity contribution < 1.29 is 24.5 Å². The van der Waals surface area contributed by atoms with Crippen LogP contribution < -0.4 is 20.9 Å². The third-order valence-corrected chi connectivity index (χ3v) is 6.04. The van der Waals surface area contributed by atoms with Gasteiger partial charge in [0.2, 0.25) is 0 Å². The van der Waals surface area contributed by atoms with E-state index in [-0.39, 0.29) is 11.4 Å². The number of carboxylic acid groups (broad SMARTS) is 1. The molecule has 0 saturated carbocycles. The second-order valence-electron chi connectivity index (χ2n) is 8.36. The first kappa shape index (κ1) is 25.4. The van der Waals surface area contributed by atoms with Gasteiger partial charge in [-0.2, -0.15) is 0 Å². The number of nitrogens with zero attached hydrogens (tertiary/aromatic N) is 1. The highest BCUT2D eigenvalue weighted by Crippen LogP contribution is 2.36. The number of carbonyl (C=O) groups is 2. The Morgan fingerprint density at radius 3 is 2.40 bits per heavy atom. The number of aromatic hydroxyl groups is 1. The molecule has 4 N–H and O–H groups in total. The molecule has 9 nitrogen and oxygen atoms in total. The number of anilines is 1. The van der Waals surface area contributed by atoms with Crippen LogP contribution in [0.25, 0.3) is 11.1 Å². The van der Waals surface area contributed by atoms with Crippen LogP contribution in [0.2, 0.25) is 0 Å². The quantitative estimate of drug-likeness (QED) is 0.405. The summed E-state index contributed by atoms with van der Waals surface area (Å²) >= 11 is 0. The molecule has 0 saturated heterocycles. The molecule has 0 fully saturated rings. The third kappa shape index (κ3) is 5.46. The van der Waals surface area contributed by atoms with Crippen molar-refractivity contribution in [1.82, 2.24) is 9.88 Å². The van der Waals surface area contributed by atoms with E-state index in [1.807, 2.05) is 44.2 Å². The van der Waals surface area contributed by atoms with Crippen molar-refractivity contribution in [2.45, 2.75) is 33.2 Å². The van der Waals surface area contributed by atoms with Crippen LogP contribution in [0.5, 0.6) is 11.5 Å². The zero-order valence-corrected chi connectivity index (χ0v) is 20.3. The molecule has 184 valence electrons. The summed E-state index contributed by atoms with van der Waals surface area (Å²) < 4.78 is 6.75. The number of carboxylic acids is 1. The van der Waals surface area contributed by atoms with E-state index in [1.165, 1.54) is 24.8 Å². The molecule has 35 heavy (non-hydrogen) atoms. The molecule has 0 bridgehead atoms. The maximum Gasteiger partial charge on any atom is 0.319 e. The van der Waals surface area contributed by atoms with Gasteiger partial charge in [0, 0.05) is 18.8 Å². The molecule has 0 unspecified atom stereocenters. The van der Waals surface area contributed by atoms with Crippen LogP contribution in [0.4, 0.5) is 10.5 Å². The summed E-state index contributed by atoms with van der Waals surface area (Å²) in [6.07, 6.45) is -0.410. The summed E-state index contributed by atoms with van der Waals surface area (Å²) in [6, 6.07) is 10.9. The number of carbonyl (C=O) groups excluding carboxylic acids is 1. The number of ether oxygens (including phenoxy) is 1. The molecule has 1 aromatic heterocycles. The van der Waals surface area contributed by atoms with Crippen LogP contribution in [0.15, 0.2) is 47.3 Å². The van der Waals surface area contributed by atoms with Crippen LogP contribution >= 0.6 is 0 Å². The van der Waals surface area contributed by atoms with Crippen molar-refractivity contribution in [3.63, 3.8) is 0 Å². The van der Waals surface area contributed by atoms with E-state index in [0.717, 1.165) is 22.3 Å². The maximum atomic E-state index is 12.8. The van der Waals surface area contributed by atoms with Crippen LogP contribution in [-0.2, 0) is 11.8 Å². The third-order valence-electron chi connectivity index (χ3n) is 6.04. The molecule has 1 atom stereocenters. The lowest BCUT2D eigenvalue weighted by Crippen LogP contribution is -2.36. The smallest absolute Gasteiger partial charge is 0.319 e. The molecule has 0 aliphatic rings. The number of rotatable bonds is 7. The van der Waals surface area contributed by atoms with Gasteiger partial charge in [-0.15, -0.1) is 0 Å². The Kier molecular flexibility index (Phi) is 7.49. The van der Waals surface area contributed by atoms with Gasteiger partial charge in [0.1, 0.15) is 11.5 Å². The van der Waals surface area contributed by atoms with Gasteiger partial charge in [0.25, 0.3) is 5.56 Å². The summed E-state index contributed by atoms with van der Waals surface area (Å²) in [6.45, 7) is 5.47. The highest BCUT2D eigenvalue weighted by Gasteiger charge is 2.24. The van der Waals surface area contributed by atoms with Gasteiger partial charge in [-0.25, -0.2) is 4.79 Å². The van der Waals surface area contributed by atoms with Crippen molar-refractivity contribution in [3.8, 4) is 22.6 Å². The Hall–Kier alpha value is -4.27. The van der Waals surface area contributed by atoms with Crippen molar-refractivity contribution >= 4 is 17.7 Å². The SMILES string of the molecule is COc1cc(-c2ccccc2C)c(C)c([C@H](CC(=O)O)NC(=O)Nc2c(O)cc(C)n(C)c2=O)c1.